The van der Waals surface area contributed by atoms with E-state index in [1.807, 2.05) is 30.5 Å². The lowest BCUT2D eigenvalue weighted by Crippen LogP contribution is -2.49. The average Bonchev–Trinajstić information content (AvgIpc) is 2.28. The molecule has 1 aromatic rings. The molecular weight excluding hydrogens is 298 g/mol. The van der Waals surface area contributed by atoms with Crippen molar-refractivity contribution in [1.82, 2.24) is 4.65 Å². The van der Waals surface area contributed by atoms with Crippen molar-refractivity contribution in [1.29, 1.82) is 0 Å². The van der Waals surface area contributed by atoms with Gasteiger partial charge in [-0.2, -0.15) is 0 Å². The molecule has 2 nitrogen and oxygen atoms in total. The third kappa shape index (κ3) is 1.85. The highest BCUT2D eigenvalue weighted by Gasteiger charge is 2.38. The Morgan fingerprint density at radius 2 is 2.00 bits per heavy atom. The average molecular weight is 307 g/mol. The van der Waals surface area contributed by atoms with Crippen molar-refractivity contribution >= 4 is 45.0 Å². The molecule has 0 fully saturated rings. The van der Waals surface area contributed by atoms with Gasteiger partial charge >= 0.3 is 0 Å². The van der Waals surface area contributed by atoms with E-state index in [2.05, 4.69) is 15.9 Å². The summed E-state index contributed by atoms with van der Waals surface area (Å²) in [5, 5.41) is 12.9. The first-order valence-corrected chi connectivity index (χ1v) is 6.76. The van der Waals surface area contributed by atoms with Crippen molar-refractivity contribution in [3.63, 3.8) is 0 Å². The lowest BCUT2D eigenvalue weighted by Gasteiger charge is -2.47. The number of hydrogen-bond donors (Lipinski definition) is 0. The molecule has 0 N–H and O–H groups in total. The molecule has 0 aliphatic carbocycles. The van der Waals surface area contributed by atoms with Gasteiger partial charge in [-0.1, -0.05) is 11.6 Å². The third-order valence-corrected chi connectivity index (χ3v) is 4.71. The Balaban J connectivity index is 2.32. The summed E-state index contributed by atoms with van der Waals surface area (Å²) in [6, 6.07) is 7.60. The topological polar surface area (TPSA) is 23.1 Å². The van der Waals surface area contributed by atoms with Crippen molar-refractivity contribution in [2.45, 2.75) is 4.90 Å². The number of nitrogens with zero attached hydrogens (tertiary/aromatic N) is 1. The van der Waals surface area contributed by atoms with E-state index in [9.17, 15) is 5.21 Å². The summed E-state index contributed by atoms with van der Waals surface area (Å²) in [7, 11) is 0. The standard InChI is InChI=1S/C10H9BrClNOS/c1-15-8-4-2-7(3-5-8)13(14)6-9(12)10(13)11/h2-5H,6H2,1H3. The normalized spacial score (nSPS) is 25.3. The minimum atomic E-state index is -0.479. The molecule has 1 atom stereocenters. The second kappa shape index (κ2) is 4.11. The summed E-state index contributed by atoms with van der Waals surface area (Å²) < 4.78 is 0.0362. The van der Waals surface area contributed by atoms with Crippen LogP contribution in [0.2, 0.25) is 0 Å². The molecule has 5 heteroatoms. The van der Waals surface area contributed by atoms with Crippen molar-refractivity contribution in [2.75, 3.05) is 12.8 Å². The van der Waals surface area contributed by atoms with Gasteiger partial charge in [-0.25, -0.2) is 0 Å². The predicted molar refractivity (Wildman–Crippen MR) is 70.1 cm³/mol. The van der Waals surface area contributed by atoms with Crippen molar-refractivity contribution in [2.24, 2.45) is 0 Å². The number of rotatable bonds is 2. The quantitative estimate of drug-likeness (QED) is 0.356. The Kier molecular flexibility index (Phi) is 3.14. The summed E-state index contributed by atoms with van der Waals surface area (Å²) in [4.78, 5) is 1.15. The Bertz CT molecular complexity index is 420. The van der Waals surface area contributed by atoms with Crippen LogP contribution in [0.25, 0.3) is 0 Å². The second-order valence-corrected chi connectivity index (χ2v) is 5.38. The van der Waals surface area contributed by atoms with Crippen LogP contribution in [0.5, 0.6) is 0 Å². The van der Waals surface area contributed by atoms with Gasteiger partial charge in [-0.15, -0.1) is 11.8 Å². The molecule has 1 heterocycles. The van der Waals surface area contributed by atoms with Crippen LogP contribution >= 0.6 is 39.3 Å². The number of benzene rings is 1. The monoisotopic (exact) mass is 305 g/mol. The highest BCUT2D eigenvalue weighted by atomic mass is 79.9. The SMILES string of the molecule is CSc1ccc([N+]2([O-])CC(Cl)=C2Br)cc1. The van der Waals surface area contributed by atoms with Gasteiger partial charge in [0, 0.05) is 33.0 Å². The van der Waals surface area contributed by atoms with Crippen molar-refractivity contribution in [3.05, 3.63) is 39.1 Å². The van der Waals surface area contributed by atoms with E-state index in [4.69, 9.17) is 11.6 Å². The van der Waals surface area contributed by atoms with Crippen LogP contribution in [0.1, 0.15) is 0 Å². The van der Waals surface area contributed by atoms with Gasteiger partial charge in [0.1, 0.15) is 17.3 Å². The highest BCUT2D eigenvalue weighted by molar-refractivity contribution is 9.11. The summed E-state index contributed by atoms with van der Waals surface area (Å²) in [6.07, 6.45) is 2.01. The van der Waals surface area contributed by atoms with E-state index in [1.165, 1.54) is 0 Å². The van der Waals surface area contributed by atoms with E-state index >= 15 is 0 Å². The molecule has 0 saturated heterocycles. The smallest absolute Gasteiger partial charge is 0.201 e. The van der Waals surface area contributed by atoms with E-state index in [1.54, 1.807) is 11.8 Å². The maximum atomic E-state index is 12.2. The van der Waals surface area contributed by atoms with E-state index in [0.717, 1.165) is 4.90 Å². The van der Waals surface area contributed by atoms with Crippen molar-refractivity contribution < 1.29 is 0 Å². The van der Waals surface area contributed by atoms with Crippen LogP contribution in [-0.2, 0) is 0 Å². The molecule has 0 saturated carbocycles. The van der Waals surface area contributed by atoms with Gasteiger partial charge in [0.25, 0.3) is 0 Å². The molecular formula is C10H9BrClNOS. The number of hydroxylamine groups is 2. The van der Waals surface area contributed by atoms with Gasteiger partial charge in [0.15, 0.2) is 0 Å². The first kappa shape index (κ1) is 11.5. The molecule has 80 valence electrons. The van der Waals surface area contributed by atoms with Crippen LogP contribution in [0, 0.1) is 5.21 Å². The number of halogens is 2. The summed E-state index contributed by atoms with van der Waals surface area (Å²) in [5.41, 5.74) is 0.712. The number of quaternary nitrogens is 1. The summed E-state index contributed by atoms with van der Waals surface area (Å²) in [5.74, 6) is 0. The molecule has 2 rings (SSSR count). The molecule has 0 radical (unpaired) electrons. The van der Waals surface area contributed by atoms with E-state index in [-0.39, 0.29) is 0 Å². The van der Waals surface area contributed by atoms with Gasteiger partial charge in [-0.3, -0.25) is 4.65 Å². The third-order valence-electron chi connectivity index (χ3n) is 2.39. The molecule has 0 spiro atoms. The minimum absolute atomic E-state index is 0.320. The molecule has 0 bridgehead atoms. The Morgan fingerprint density at radius 3 is 2.40 bits per heavy atom. The zero-order chi connectivity index (χ0) is 11.1. The lowest BCUT2D eigenvalue weighted by molar-refractivity contribution is 0.476. The lowest BCUT2D eigenvalue weighted by atomic mass is 10.2. The van der Waals surface area contributed by atoms with Crippen molar-refractivity contribution in [3.8, 4) is 0 Å². The van der Waals surface area contributed by atoms with Gasteiger partial charge in [-0.05, 0) is 18.4 Å². The molecule has 0 aromatic heterocycles. The first-order chi connectivity index (χ1) is 7.08. The van der Waals surface area contributed by atoms with Crippen LogP contribution < -0.4 is 4.65 Å². The fourth-order valence-electron chi connectivity index (χ4n) is 1.46. The van der Waals surface area contributed by atoms with Gasteiger partial charge in [0.2, 0.25) is 4.61 Å². The Hall–Kier alpha value is -0.000000000000000111. The van der Waals surface area contributed by atoms with Gasteiger partial charge in [0.05, 0.1) is 0 Å². The van der Waals surface area contributed by atoms with Gasteiger partial charge < -0.3 is 5.21 Å². The molecule has 1 aromatic carbocycles. The zero-order valence-electron chi connectivity index (χ0n) is 8.04. The van der Waals surface area contributed by atoms with E-state index in [0.29, 0.717) is 21.9 Å². The largest absolute Gasteiger partial charge is 0.621 e. The fraction of sp³-hybridized carbons (Fsp3) is 0.200. The maximum Gasteiger partial charge on any atom is 0.201 e. The van der Waals surface area contributed by atoms with E-state index < -0.39 is 4.65 Å². The minimum Gasteiger partial charge on any atom is -0.621 e. The maximum absolute atomic E-state index is 12.2. The Labute approximate surface area is 106 Å². The van der Waals surface area contributed by atoms with Crippen LogP contribution in [0.15, 0.2) is 38.8 Å². The summed E-state index contributed by atoms with van der Waals surface area (Å²) in [6.45, 7) is 0.320. The fourth-order valence-corrected chi connectivity index (χ4v) is 2.63. The van der Waals surface area contributed by atoms with Crippen LogP contribution in [-0.4, -0.2) is 12.8 Å². The molecule has 1 unspecified atom stereocenters. The molecule has 1 aliphatic heterocycles. The predicted octanol–water partition coefficient (Wildman–Crippen LogP) is 4.03. The highest BCUT2D eigenvalue weighted by Crippen LogP contribution is 2.43. The van der Waals surface area contributed by atoms with Crippen LogP contribution in [0.3, 0.4) is 0 Å². The molecule has 1 aliphatic rings. The number of hydrogen-bond acceptors (Lipinski definition) is 2. The van der Waals surface area contributed by atoms with Crippen LogP contribution in [0.4, 0.5) is 5.69 Å². The molecule has 0 amide bonds. The number of thioether (sulfide) groups is 1. The second-order valence-electron chi connectivity index (χ2n) is 3.29. The zero-order valence-corrected chi connectivity index (χ0v) is 11.2. The summed E-state index contributed by atoms with van der Waals surface area (Å²) >= 11 is 10.7. The Morgan fingerprint density at radius 1 is 1.40 bits per heavy atom. The first-order valence-electron chi connectivity index (χ1n) is 4.36. The molecule has 15 heavy (non-hydrogen) atoms.